The maximum Gasteiger partial charge on any atom is 0.333 e. The molecule has 28 heavy (non-hydrogen) atoms. The van der Waals surface area contributed by atoms with Crippen molar-refractivity contribution in [2.45, 2.75) is 116 Å². The zero-order chi connectivity index (χ0) is 21.1. The molecule has 0 saturated heterocycles. The Hall–Kier alpha value is -1.58. The lowest BCUT2D eigenvalue weighted by Crippen LogP contribution is -2.39. The molecule has 0 heterocycles. The van der Waals surface area contributed by atoms with Crippen molar-refractivity contribution in [3.8, 4) is 0 Å². The van der Waals surface area contributed by atoms with Gasteiger partial charge in [-0.1, -0.05) is 97.6 Å². The summed E-state index contributed by atoms with van der Waals surface area (Å²) in [6.45, 7) is 11.4. The summed E-state index contributed by atoms with van der Waals surface area (Å²) in [6, 6.07) is 0. The van der Waals surface area contributed by atoms with Crippen LogP contribution in [-0.4, -0.2) is 17.7 Å². The van der Waals surface area contributed by atoms with E-state index in [0.717, 1.165) is 50.7 Å². The van der Waals surface area contributed by atoms with Gasteiger partial charge in [-0.2, -0.15) is 0 Å². The number of rotatable bonds is 19. The van der Waals surface area contributed by atoms with Crippen molar-refractivity contribution < 1.29 is 19.1 Å². The van der Waals surface area contributed by atoms with Crippen LogP contribution in [-0.2, 0) is 19.1 Å². The van der Waals surface area contributed by atoms with Gasteiger partial charge in [0, 0.05) is 25.0 Å². The number of unbranched alkanes of at least 4 members (excludes halogenated alkanes) is 11. The van der Waals surface area contributed by atoms with Gasteiger partial charge in [0.05, 0.1) is 0 Å². The first kappa shape index (κ1) is 26.4. The van der Waals surface area contributed by atoms with Crippen LogP contribution in [0.2, 0.25) is 0 Å². The van der Waals surface area contributed by atoms with Crippen molar-refractivity contribution in [3.05, 3.63) is 25.3 Å². The van der Waals surface area contributed by atoms with E-state index >= 15 is 0 Å². The molecule has 0 rings (SSSR count). The van der Waals surface area contributed by atoms with Crippen LogP contribution >= 0.6 is 0 Å². The van der Waals surface area contributed by atoms with Crippen LogP contribution in [0.25, 0.3) is 0 Å². The SMILES string of the molecule is C=CC(=O)OC(CCCCCCCC)(CCCCCCCCC)OC(=O)C=C. The topological polar surface area (TPSA) is 52.6 Å². The number of carbonyl (C=O) groups excluding carboxylic acids is 2. The zero-order valence-electron chi connectivity index (χ0n) is 18.3. The quantitative estimate of drug-likeness (QED) is 0.102. The summed E-state index contributed by atoms with van der Waals surface area (Å²) in [6.07, 6.45) is 18.0. The minimum atomic E-state index is -1.20. The maximum atomic E-state index is 11.9. The molecule has 4 nitrogen and oxygen atoms in total. The minimum Gasteiger partial charge on any atom is -0.419 e. The number of hydrogen-bond donors (Lipinski definition) is 0. The van der Waals surface area contributed by atoms with Gasteiger partial charge in [-0.3, -0.25) is 0 Å². The minimum absolute atomic E-state index is 0.522. The fourth-order valence-corrected chi connectivity index (χ4v) is 3.33. The Bertz CT molecular complexity index is 420. The predicted molar refractivity (Wildman–Crippen MR) is 116 cm³/mol. The summed E-state index contributed by atoms with van der Waals surface area (Å²) >= 11 is 0. The van der Waals surface area contributed by atoms with Gasteiger partial charge in [0.25, 0.3) is 5.79 Å². The van der Waals surface area contributed by atoms with E-state index in [1.807, 2.05) is 0 Å². The van der Waals surface area contributed by atoms with Crippen molar-refractivity contribution in [1.29, 1.82) is 0 Å². The fraction of sp³-hybridized carbons (Fsp3) is 0.750. The molecule has 162 valence electrons. The van der Waals surface area contributed by atoms with Gasteiger partial charge < -0.3 is 9.47 Å². The molecule has 0 aliphatic heterocycles. The van der Waals surface area contributed by atoms with Crippen LogP contribution in [0.5, 0.6) is 0 Å². The summed E-state index contributed by atoms with van der Waals surface area (Å²) in [5.74, 6) is -2.30. The van der Waals surface area contributed by atoms with E-state index in [1.54, 1.807) is 0 Å². The smallest absolute Gasteiger partial charge is 0.333 e. The maximum absolute atomic E-state index is 11.9. The third kappa shape index (κ3) is 13.6. The largest absolute Gasteiger partial charge is 0.419 e. The molecule has 0 spiro atoms. The Kier molecular flexibility index (Phi) is 16.5. The van der Waals surface area contributed by atoms with Gasteiger partial charge in [0.2, 0.25) is 0 Å². The van der Waals surface area contributed by atoms with Crippen LogP contribution < -0.4 is 0 Å². The van der Waals surface area contributed by atoms with E-state index in [1.165, 1.54) is 44.9 Å². The highest BCUT2D eigenvalue weighted by molar-refractivity contribution is 5.83. The predicted octanol–water partition coefficient (Wildman–Crippen LogP) is 7.03. The summed E-state index contributed by atoms with van der Waals surface area (Å²) in [7, 11) is 0. The second-order valence-corrected chi connectivity index (χ2v) is 7.55. The molecule has 0 radical (unpaired) electrons. The molecule has 0 aromatic heterocycles. The highest BCUT2D eigenvalue weighted by Crippen LogP contribution is 2.30. The average molecular weight is 395 g/mol. The highest BCUT2D eigenvalue weighted by Gasteiger charge is 2.36. The van der Waals surface area contributed by atoms with E-state index in [2.05, 4.69) is 27.0 Å². The Labute approximate surface area is 172 Å². The van der Waals surface area contributed by atoms with Crippen molar-refractivity contribution in [2.75, 3.05) is 0 Å². The Morgan fingerprint density at radius 3 is 1.29 bits per heavy atom. The van der Waals surface area contributed by atoms with Gasteiger partial charge >= 0.3 is 11.9 Å². The number of esters is 2. The van der Waals surface area contributed by atoms with E-state index in [-0.39, 0.29) is 0 Å². The normalized spacial score (nSPS) is 11.1. The summed E-state index contributed by atoms with van der Waals surface area (Å²) in [5, 5.41) is 0. The molecule has 0 aliphatic carbocycles. The van der Waals surface area contributed by atoms with Crippen LogP contribution in [0.15, 0.2) is 25.3 Å². The monoisotopic (exact) mass is 394 g/mol. The molecule has 0 bridgehead atoms. The van der Waals surface area contributed by atoms with Crippen molar-refractivity contribution in [1.82, 2.24) is 0 Å². The van der Waals surface area contributed by atoms with Gasteiger partial charge in [-0.05, 0) is 12.8 Å². The van der Waals surface area contributed by atoms with Gasteiger partial charge in [-0.25, -0.2) is 9.59 Å². The van der Waals surface area contributed by atoms with Crippen LogP contribution in [0.3, 0.4) is 0 Å². The fourth-order valence-electron chi connectivity index (χ4n) is 3.33. The third-order valence-electron chi connectivity index (χ3n) is 4.98. The van der Waals surface area contributed by atoms with E-state index in [9.17, 15) is 9.59 Å². The third-order valence-corrected chi connectivity index (χ3v) is 4.98. The van der Waals surface area contributed by atoms with E-state index in [0.29, 0.717) is 12.8 Å². The molecule has 0 atom stereocenters. The van der Waals surface area contributed by atoms with Crippen molar-refractivity contribution in [2.24, 2.45) is 0 Å². The Balaban J connectivity index is 4.78. The summed E-state index contributed by atoms with van der Waals surface area (Å²) < 4.78 is 11.2. The van der Waals surface area contributed by atoms with Gasteiger partial charge in [-0.15, -0.1) is 0 Å². The zero-order valence-corrected chi connectivity index (χ0v) is 18.3. The molecule has 0 aliphatic rings. The lowest BCUT2D eigenvalue weighted by Gasteiger charge is -2.32. The molecule has 0 fully saturated rings. The first-order valence-corrected chi connectivity index (χ1v) is 11.2. The first-order valence-electron chi connectivity index (χ1n) is 11.2. The van der Waals surface area contributed by atoms with Gasteiger partial charge in [0.15, 0.2) is 0 Å². The molecule has 0 unspecified atom stereocenters. The molecular formula is C24H42O4. The number of carbonyl (C=O) groups is 2. The molecule has 0 amide bonds. The molecule has 4 heteroatoms. The van der Waals surface area contributed by atoms with Gasteiger partial charge in [0.1, 0.15) is 0 Å². The van der Waals surface area contributed by atoms with Crippen molar-refractivity contribution >= 4 is 11.9 Å². The second-order valence-electron chi connectivity index (χ2n) is 7.55. The number of ether oxygens (including phenoxy) is 2. The first-order chi connectivity index (χ1) is 13.5. The lowest BCUT2D eigenvalue weighted by molar-refractivity contribution is -0.228. The summed E-state index contributed by atoms with van der Waals surface area (Å²) in [4.78, 5) is 23.8. The lowest BCUT2D eigenvalue weighted by atomic mass is 9.98. The Morgan fingerprint density at radius 1 is 0.643 bits per heavy atom. The standard InChI is InChI=1S/C24H42O4/c1-5-9-11-13-15-17-19-21-24(27-22(25)7-3,28-23(26)8-4)20-18-16-14-12-10-6-2/h7-8H,3-6,9-21H2,1-2H3. The van der Waals surface area contributed by atoms with Crippen molar-refractivity contribution in [3.63, 3.8) is 0 Å². The van der Waals surface area contributed by atoms with Crippen LogP contribution in [0.1, 0.15) is 110 Å². The van der Waals surface area contributed by atoms with E-state index in [4.69, 9.17) is 9.47 Å². The molecule has 0 N–H and O–H groups in total. The second kappa shape index (κ2) is 17.5. The highest BCUT2D eigenvalue weighted by atomic mass is 16.7. The molecule has 0 aromatic carbocycles. The van der Waals surface area contributed by atoms with E-state index < -0.39 is 17.7 Å². The van der Waals surface area contributed by atoms with Crippen LogP contribution in [0, 0.1) is 0 Å². The van der Waals surface area contributed by atoms with Crippen LogP contribution in [0.4, 0.5) is 0 Å². The molecule has 0 aromatic rings. The molecule has 0 saturated carbocycles. The molecular weight excluding hydrogens is 352 g/mol. The summed E-state index contributed by atoms with van der Waals surface area (Å²) in [5.41, 5.74) is 0. The average Bonchev–Trinajstić information content (AvgIpc) is 2.69. The Morgan fingerprint density at radius 2 is 0.964 bits per heavy atom. The number of hydrogen-bond acceptors (Lipinski definition) is 4.